The van der Waals surface area contributed by atoms with Crippen LogP contribution >= 0.6 is 0 Å². The van der Waals surface area contributed by atoms with Crippen LogP contribution in [0.25, 0.3) is 10.9 Å². The van der Waals surface area contributed by atoms with E-state index in [1.807, 2.05) is 24.3 Å². The van der Waals surface area contributed by atoms with Gasteiger partial charge in [-0.1, -0.05) is 18.2 Å². The van der Waals surface area contributed by atoms with E-state index in [0.29, 0.717) is 12.1 Å². The highest BCUT2D eigenvalue weighted by atomic mass is 16.1. The van der Waals surface area contributed by atoms with Crippen LogP contribution < -0.4 is 5.73 Å². The number of pyridine rings is 1. The number of benzene rings is 1. The quantitative estimate of drug-likeness (QED) is 0.806. The minimum atomic E-state index is 0.0946. The molecular weight excluding hydrogens is 188 g/mol. The van der Waals surface area contributed by atoms with Gasteiger partial charge in [0.15, 0.2) is 0 Å². The normalized spacial score (nSPS) is 10.5. The third-order valence-electron chi connectivity index (χ3n) is 2.23. The van der Waals surface area contributed by atoms with Crippen molar-refractivity contribution in [1.29, 1.82) is 0 Å². The first-order valence-electron chi connectivity index (χ1n) is 4.80. The Hall–Kier alpha value is -1.90. The second-order valence-electron chi connectivity index (χ2n) is 3.60. The van der Waals surface area contributed by atoms with E-state index in [-0.39, 0.29) is 5.78 Å². The number of fused-ring (bicyclic) bond motifs is 1. The van der Waals surface area contributed by atoms with Crippen molar-refractivity contribution in [3.63, 3.8) is 0 Å². The summed E-state index contributed by atoms with van der Waals surface area (Å²) in [5.74, 6) is 0.0946. The topological polar surface area (TPSA) is 56.0 Å². The third kappa shape index (κ3) is 1.96. The summed E-state index contributed by atoms with van der Waals surface area (Å²) in [7, 11) is 0. The van der Waals surface area contributed by atoms with Crippen LogP contribution in [0.15, 0.2) is 30.3 Å². The minimum absolute atomic E-state index is 0.0946. The van der Waals surface area contributed by atoms with Crippen LogP contribution in [0.3, 0.4) is 0 Å². The Morgan fingerprint density at radius 2 is 2.13 bits per heavy atom. The van der Waals surface area contributed by atoms with Gasteiger partial charge in [-0.3, -0.25) is 9.78 Å². The fraction of sp³-hybridized carbons (Fsp3) is 0.167. The molecule has 2 N–H and O–H groups in total. The van der Waals surface area contributed by atoms with Crippen molar-refractivity contribution in [1.82, 2.24) is 4.98 Å². The molecular formula is C12H12N2O. The molecule has 0 saturated heterocycles. The van der Waals surface area contributed by atoms with Crippen LogP contribution in [0.4, 0.5) is 5.69 Å². The summed E-state index contributed by atoms with van der Waals surface area (Å²) in [4.78, 5) is 15.4. The largest absolute Gasteiger partial charge is 0.398 e. The molecule has 0 bridgehead atoms. The molecule has 2 rings (SSSR count). The first kappa shape index (κ1) is 9.65. The molecule has 0 radical (unpaired) electrons. The second kappa shape index (κ2) is 3.69. The van der Waals surface area contributed by atoms with Crippen LogP contribution in [0.2, 0.25) is 0 Å². The van der Waals surface area contributed by atoms with Crippen molar-refractivity contribution in [2.45, 2.75) is 13.3 Å². The molecule has 3 heteroatoms. The fourth-order valence-corrected chi connectivity index (χ4v) is 1.61. The zero-order valence-electron chi connectivity index (χ0n) is 8.53. The Bertz CT molecular complexity index is 520. The lowest BCUT2D eigenvalue weighted by atomic mass is 10.1. The monoisotopic (exact) mass is 200 g/mol. The van der Waals surface area contributed by atoms with Gasteiger partial charge in [0.05, 0.1) is 11.2 Å². The number of hydrogen-bond acceptors (Lipinski definition) is 3. The molecule has 1 aromatic carbocycles. The number of nitrogen functional groups attached to an aromatic ring is 1. The number of anilines is 1. The van der Waals surface area contributed by atoms with E-state index in [1.54, 1.807) is 13.0 Å². The maximum absolute atomic E-state index is 11.0. The predicted octanol–water partition coefficient (Wildman–Crippen LogP) is 1.95. The van der Waals surface area contributed by atoms with E-state index in [4.69, 9.17) is 5.73 Å². The summed E-state index contributed by atoms with van der Waals surface area (Å²) in [6.07, 6.45) is 0.342. The van der Waals surface area contributed by atoms with Crippen LogP contribution in [0.5, 0.6) is 0 Å². The number of Topliss-reactive ketones (excluding diaryl/α,β-unsaturated/α-hetero) is 1. The highest BCUT2D eigenvalue weighted by Crippen LogP contribution is 2.20. The number of aromatic nitrogens is 1. The Morgan fingerprint density at radius 3 is 2.87 bits per heavy atom. The summed E-state index contributed by atoms with van der Waals surface area (Å²) in [6.45, 7) is 1.55. The van der Waals surface area contributed by atoms with Crippen molar-refractivity contribution in [3.05, 3.63) is 36.0 Å². The van der Waals surface area contributed by atoms with E-state index >= 15 is 0 Å². The van der Waals surface area contributed by atoms with Gasteiger partial charge >= 0.3 is 0 Å². The number of carbonyl (C=O) groups excluding carboxylic acids is 1. The Balaban J connectivity index is 2.57. The summed E-state index contributed by atoms with van der Waals surface area (Å²) in [5.41, 5.74) is 8.14. The van der Waals surface area contributed by atoms with Gasteiger partial charge in [-0.05, 0) is 19.1 Å². The lowest BCUT2D eigenvalue weighted by Crippen LogP contribution is -2.01. The van der Waals surface area contributed by atoms with E-state index in [2.05, 4.69) is 4.98 Å². The Morgan fingerprint density at radius 1 is 1.40 bits per heavy atom. The number of nitrogens with zero attached hydrogens (tertiary/aromatic N) is 1. The molecule has 0 aliphatic rings. The van der Waals surface area contributed by atoms with Gasteiger partial charge in [0.2, 0.25) is 0 Å². The highest BCUT2D eigenvalue weighted by molar-refractivity contribution is 5.90. The SMILES string of the molecule is CC(=O)Cc1cc(N)c2ccccc2n1. The van der Waals surface area contributed by atoms with Gasteiger partial charge < -0.3 is 5.73 Å². The van der Waals surface area contributed by atoms with E-state index in [1.165, 1.54) is 0 Å². The zero-order chi connectivity index (χ0) is 10.8. The highest BCUT2D eigenvalue weighted by Gasteiger charge is 2.04. The standard InChI is InChI=1S/C12H12N2O/c1-8(15)6-9-7-11(13)10-4-2-3-5-12(10)14-9/h2-5,7H,6H2,1H3,(H2,13,14). The zero-order valence-corrected chi connectivity index (χ0v) is 8.53. The maximum atomic E-state index is 11.0. The molecule has 2 aromatic rings. The average Bonchev–Trinajstić information content (AvgIpc) is 2.16. The first-order chi connectivity index (χ1) is 7.16. The van der Waals surface area contributed by atoms with Gasteiger partial charge in [0.1, 0.15) is 5.78 Å². The van der Waals surface area contributed by atoms with Crippen LogP contribution in [-0.4, -0.2) is 10.8 Å². The summed E-state index contributed by atoms with van der Waals surface area (Å²) < 4.78 is 0. The predicted molar refractivity (Wildman–Crippen MR) is 60.5 cm³/mol. The van der Waals surface area contributed by atoms with Crippen LogP contribution in [-0.2, 0) is 11.2 Å². The summed E-state index contributed by atoms with van der Waals surface area (Å²) in [6, 6.07) is 9.42. The van der Waals surface area contributed by atoms with Crippen molar-refractivity contribution in [3.8, 4) is 0 Å². The second-order valence-corrected chi connectivity index (χ2v) is 3.60. The Labute approximate surface area is 87.9 Å². The molecule has 0 spiro atoms. The fourth-order valence-electron chi connectivity index (χ4n) is 1.61. The summed E-state index contributed by atoms with van der Waals surface area (Å²) in [5, 5.41) is 0.935. The molecule has 15 heavy (non-hydrogen) atoms. The molecule has 0 unspecified atom stereocenters. The molecule has 0 aliphatic carbocycles. The van der Waals surface area contributed by atoms with Crippen molar-refractivity contribution >= 4 is 22.4 Å². The van der Waals surface area contributed by atoms with Crippen LogP contribution in [0, 0.1) is 0 Å². The van der Waals surface area contributed by atoms with Crippen LogP contribution in [0.1, 0.15) is 12.6 Å². The first-order valence-corrected chi connectivity index (χ1v) is 4.80. The third-order valence-corrected chi connectivity index (χ3v) is 2.23. The lowest BCUT2D eigenvalue weighted by Gasteiger charge is -2.04. The van der Waals surface area contributed by atoms with Gasteiger partial charge in [0.25, 0.3) is 0 Å². The van der Waals surface area contributed by atoms with E-state index in [0.717, 1.165) is 16.6 Å². The number of carbonyl (C=O) groups is 1. The molecule has 76 valence electrons. The molecule has 0 amide bonds. The molecule has 3 nitrogen and oxygen atoms in total. The average molecular weight is 200 g/mol. The van der Waals surface area contributed by atoms with Crippen molar-refractivity contribution in [2.24, 2.45) is 0 Å². The van der Waals surface area contributed by atoms with E-state index in [9.17, 15) is 4.79 Å². The number of nitrogens with two attached hydrogens (primary N) is 1. The van der Waals surface area contributed by atoms with Crippen molar-refractivity contribution < 1.29 is 4.79 Å². The van der Waals surface area contributed by atoms with E-state index < -0.39 is 0 Å². The van der Waals surface area contributed by atoms with Gasteiger partial charge in [-0.15, -0.1) is 0 Å². The summed E-state index contributed by atoms with van der Waals surface area (Å²) >= 11 is 0. The number of rotatable bonds is 2. The lowest BCUT2D eigenvalue weighted by molar-refractivity contribution is -0.116. The number of ketones is 1. The molecule has 0 aliphatic heterocycles. The molecule has 1 aromatic heterocycles. The van der Waals surface area contributed by atoms with Gasteiger partial charge in [0, 0.05) is 17.5 Å². The number of hydrogen-bond donors (Lipinski definition) is 1. The minimum Gasteiger partial charge on any atom is -0.398 e. The van der Waals surface area contributed by atoms with Gasteiger partial charge in [-0.25, -0.2) is 0 Å². The molecule has 1 heterocycles. The maximum Gasteiger partial charge on any atom is 0.135 e. The van der Waals surface area contributed by atoms with Crippen molar-refractivity contribution in [2.75, 3.05) is 5.73 Å². The Kier molecular flexibility index (Phi) is 2.37. The molecule has 0 saturated carbocycles. The van der Waals surface area contributed by atoms with Gasteiger partial charge in [-0.2, -0.15) is 0 Å². The molecule has 0 fully saturated rings. The number of para-hydroxylation sites is 1. The molecule has 0 atom stereocenters. The smallest absolute Gasteiger partial charge is 0.135 e.